The first-order valence-electron chi connectivity index (χ1n) is 7.86. The molecule has 0 aromatic heterocycles. The smallest absolute Gasteiger partial charge is 0.000703 e. The second-order valence-electron chi connectivity index (χ2n) is 7.33. The van der Waals surface area contributed by atoms with Crippen LogP contribution in [-0.2, 0) is 0 Å². The van der Waals surface area contributed by atoms with Gasteiger partial charge in [0.05, 0.1) is 0 Å². The van der Waals surface area contributed by atoms with E-state index in [0.29, 0.717) is 5.41 Å². The van der Waals surface area contributed by atoms with Crippen LogP contribution in [-0.4, -0.2) is 31.1 Å². The normalized spacial score (nSPS) is 24.8. The third-order valence-electron chi connectivity index (χ3n) is 4.52. The van der Waals surface area contributed by atoms with Crippen molar-refractivity contribution in [3.63, 3.8) is 0 Å². The molecule has 1 heterocycles. The zero-order valence-corrected chi connectivity index (χ0v) is 13.0. The second-order valence-corrected chi connectivity index (χ2v) is 7.33. The van der Waals surface area contributed by atoms with Crippen molar-refractivity contribution in [2.75, 3.05) is 26.2 Å². The van der Waals surface area contributed by atoms with Gasteiger partial charge in [-0.15, -0.1) is 0 Å². The summed E-state index contributed by atoms with van der Waals surface area (Å²) in [6, 6.07) is 0. The molecule has 1 aliphatic rings. The van der Waals surface area contributed by atoms with Gasteiger partial charge in [0.1, 0.15) is 0 Å². The Morgan fingerprint density at radius 3 is 2.56 bits per heavy atom. The summed E-state index contributed by atoms with van der Waals surface area (Å²) in [5, 5.41) is 0. The molecule has 0 amide bonds. The van der Waals surface area contributed by atoms with Crippen molar-refractivity contribution in [1.29, 1.82) is 0 Å². The molecule has 108 valence electrons. The predicted octanol–water partition coefficient (Wildman–Crippen LogP) is 3.51. The quantitative estimate of drug-likeness (QED) is 0.813. The summed E-state index contributed by atoms with van der Waals surface area (Å²) in [5.74, 6) is 1.71. The fourth-order valence-corrected chi connectivity index (χ4v) is 3.20. The fourth-order valence-electron chi connectivity index (χ4n) is 3.20. The van der Waals surface area contributed by atoms with Gasteiger partial charge in [0.15, 0.2) is 0 Å². The summed E-state index contributed by atoms with van der Waals surface area (Å²) < 4.78 is 0. The molecule has 1 saturated heterocycles. The van der Waals surface area contributed by atoms with Gasteiger partial charge in [-0.3, -0.25) is 0 Å². The monoisotopic (exact) mass is 254 g/mol. The van der Waals surface area contributed by atoms with Gasteiger partial charge >= 0.3 is 0 Å². The van der Waals surface area contributed by atoms with Gasteiger partial charge in [-0.2, -0.15) is 0 Å². The van der Waals surface area contributed by atoms with E-state index in [-0.39, 0.29) is 0 Å². The molecule has 0 bridgehead atoms. The first-order chi connectivity index (χ1) is 8.43. The van der Waals surface area contributed by atoms with Gasteiger partial charge in [-0.05, 0) is 69.0 Å². The summed E-state index contributed by atoms with van der Waals surface area (Å²) in [6.45, 7) is 14.3. The van der Waals surface area contributed by atoms with Crippen LogP contribution < -0.4 is 5.73 Å². The van der Waals surface area contributed by atoms with E-state index in [4.69, 9.17) is 5.73 Å². The standard InChI is InChI=1S/C16H34N2/c1-14(7-5-10-17)13-18-11-6-8-15(9-12-18)16(2,3)4/h14-15H,5-13,17H2,1-4H3. The molecule has 1 rings (SSSR count). The van der Waals surface area contributed by atoms with Gasteiger partial charge in [0, 0.05) is 6.54 Å². The Bertz CT molecular complexity index is 220. The SMILES string of the molecule is CC(CCCN)CN1CCCC(C(C)(C)C)CC1. The molecule has 2 atom stereocenters. The number of nitrogens with zero attached hydrogens (tertiary/aromatic N) is 1. The van der Waals surface area contributed by atoms with Crippen LogP contribution in [0.25, 0.3) is 0 Å². The molecule has 0 aromatic carbocycles. The summed E-state index contributed by atoms with van der Waals surface area (Å²) >= 11 is 0. The number of hydrogen-bond donors (Lipinski definition) is 1. The molecule has 18 heavy (non-hydrogen) atoms. The van der Waals surface area contributed by atoms with Crippen LogP contribution >= 0.6 is 0 Å². The highest BCUT2D eigenvalue weighted by Gasteiger charge is 2.27. The van der Waals surface area contributed by atoms with Gasteiger partial charge in [0.2, 0.25) is 0 Å². The lowest BCUT2D eigenvalue weighted by Crippen LogP contribution is -2.30. The topological polar surface area (TPSA) is 29.3 Å². The summed E-state index contributed by atoms with van der Waals surface area (Å²) in [6.07, 6.45) is 6.64. The summed E-state index contributed by atoms with van der Waals surface area (Å²) in [5.41, 5.74) is 6.07. The van der Waals surface area contributed by atoms with Gasteiger partial charge in [-0.25, -0.2) is 0 Å². The molecule has 1 fully saturated rings. The van der Waals surface area contributed by atoms with Crippen molar-refractivity contribution in [2.24, 2.45) is 23.0 Å². The van der Waals surface area contributed by atoms with Crippen molar-refractivity contribution in [3.8, 4) is 0 Å². The minimum absolute atomic E-state index is 0.487. The van der Waals surface area contributed by atoms with Crippen molar-refractivity contribution < 1.29 is 0 Å². The maximum absolute atomic E-state index is 5.59. The number of nitrogens with two attached hydrogens (primary N) is 1. The minimum atomic E-state index is 0.487. The number of likely N-dealkylation sites (tertiary alicyclic amines) is 1. The largest absolute Gasteiger partial charge is 0.330 e. The minimum Gasteiger partial charge on any atom is -0.330 e. The molecular formula is C16H34N2. The average Bonchev–Trinajstić information content (AvgIpc) is 2.51. The Balaban J connectivity index is 2.33. The van der Waals surface area contributed by atoms with E-state index in [2.05, 4.69) is 32.6 Å². The molecule has 0 spiro atoms. The summed E-state index contributed by atoms with van der Waals surface area (Å²) in [4.78, 5) is 2.69. The van der Waals surface area contributed by atoms with Gasteiger partial charge in [0.25, 0.3) is 0 Å². The van der Waals surface area contributed by atoms with E-state index in [9.17, 15) is 0 Å². The maximum atomic E-state index is 5.59. The molecule has 2 heteroatoms. The Labute approximate surface area is 114 Å². The first-order valence-corrected chi connectivity index (χ1v) is 7.86. The van der Waals surface area contributed by atoms with E-state index in [1.54, 1.807) is 0 Å². The molecular weight excluding hydrogens is 220 g/mol. The lowest BCUT2D eigenvalue weighted by molar-refractivity contribution is 0.199. The number of rotatable bonds is 5. The molecule has 0 aliphatic carbocycles. The molecule has 0 radical (unpaired) electrons. The molecule has 0 saturated carbocycles. The number of hydrogen-bond acceptors (Lipinski definition) is 2. The molecule has 1 aliphatic heterocycles. The van der Waals surface area contributed by atoms with Crippen LogP contribution in [0.1, 0.15) is 59.8 Å². The zero-order valence-electron chi connectivity index (χ0n) is 13.0. The van der Waals surface area contributed by atoms with Crippen LogP contribution in [0.2, 0.25) is 0 Å². The Hall–Kier alpha value is -0.0800. The molecule has 0 aromatic rings. The Morgan fingerprint density at radius 1 is 1.22 bits per heavy atom. The van der Waals surface area contributed by atoms with Crippen molar-refractivity contribution in [3.05, 3.63) is 0 Å². The molecule has 2 unspecified atom stereocenters. The van der Waals surface area contributed by atoms with Crippen molar-refractivity contribution in [1.82, 2.24) is 4.90 Å². The lowest BCUT2D eigenvalue weighted by Gasteiger charge is -2.30. The molecule has 2 N–H and O–H groups in total. The van der Waals surface area contributed by atoms with Crippen LogP contribution in [0.15, 0.2) is 0 Å². The highest BCUT2D eigenvalue weighted by molar-refractivity contribution is 4.79. The van der Waals surface area contributed by atoms with Crippen LogP contribution in [0.4, 0.5) is 0 Å². The van der Waals surface area contributed by atoms with Crippen LogP contribution in [0, 0.1) is 17.3 Å². The highest BCUT2D eigenvalue weighted by atomic mass is 15.1. The third-order valence-corrected chi connectivity index (χ3v) is 4.52. The molecule has 2 nitrogen and oxygen atoms in total. The maximum Gasteiger partial charge on any atom is 0.000703 e. The van der Waals surface area contributed by atoms with E-state index in [1.807, 2.05) is 0 Å². The van der Waals surface area contributed by atoms with E-state index >= 15 is 0 Å². The van der Waals surface area contributed by atoms with Gasteiger partial charge < -0.3 is 10.6 Å². The van der Waals surface area contributed by atoms with E-state index < -0.39 is 0 Å². The Kier molecular flexibility index (Phi) is 6.65. The first kappa shape index (κ1) is 16.0. The van der Waals surface area contributed by atoms with E-state index in [0.717, 1.165) is 18.4 Å². The highest BCUT2D eigenvalue weighted by Crippen LogP contribution is 2.34. The summed E-state index contributed by atoms with van der Waals surface area (Å²) in [7, 11) is 0. The van der Waals surface area contributed by atoms with Crippen LogP contribution in [0.3, 0.4) is 0 Å². The van der Waals surface area contributed by atoms with E-state index in [1.165, 1.54) is 51.7 Å². The second kappa shape index (κ2) is 7.49. The third kappa shape index (κ3) is 5.71. The van der Waals surface area contributed by atoms with Gasteiger partial charge in [-0.1, -0.05) is 27.7 Å². The average molecular weight is 254 g/mol. The lowest BCUT2D eigenvalue weighted by atomic mass is 9.77. The fraction of sp³-hybridized carbons (Fsp3) is 1.00. The predicted molar refractivity (Wildman–Crippen MR) is 80.7 cm³/mol. The Morgan fingerprint density at radius 2 is 1.94 bits per heavy atom. The van der Waals surface area contributed by atoms with Crippen molar-refractivity contribution in [2.45, 2.75) is 59.8 Å². The van der Waals surface area contributed by atoms with Crippen molar-refractivity contribution >= 4 is 0 Å². The van der Waals surface area contributed by atoms with Crippen LogP contribution in [0.5, 0.6) is 0 Å². The zero-order chi connectivity index (χ0) is 13.6.